The normalized spacial score (nSPS) is 21.7. The first kappa shape index (κ1) is 15.5. The largest absolute Gasteiger partial charge is 0.481 e. The predicted octanol–water partition coefficient (Wildman–Crippen LogP) is 1.46. The van der Waals surface area contributed by atoms with E-state index in [1.54, 1.807) is 0 Å². The van der Waals surface area contributed by atoms with Crippen LogP contribution in [-0.4, -0.2) is 46.7 Å². The summed E-state index contributed by atoms with van der Waals surface area (Å²) in [5.41, 5.74) is 0. The molecule has 1 saturated heterocycles. The molecule has 108 valence electrons. The van der Waals surface area contributed by atoms with Crippen LogP contribution in [0, 0.1) is 0 Å². The summed E-state index contributed by atoms with van der Waals surface area (Å²) in [6.45, 7) is 0.116. The topological polar surface area (TPSA) is 74.7 Å². The first-order chi connectivity index (χ1) is 8.88. The monoisotopic (exact) mass is 277 g/mol. The van der Waals surface area contributed by atoms with Gasteiger partial charge in [-0.15, -0.1) is 0 Å². The highest BCUT2D eigenvalue weighted by Gasteiger charge is 2.52. The summed E-state index contributed by atoms with van der Waals surface area (Å²) < 4.78 is 26.3. The highest BCUT2D eigenvalue weighted by molar-refractivity contribution is 5.89. The summed E-state index contributed by atoms with van der Waals surface area (Å²) in [7, 11) is 0. The fourth-order valence-electron chi connectivity index (χ4n) is 2.12. The number of alkyl halides is 2. The van der Waals surface area contributed by atoms with Crippen LogP contribution in [0.15, 0.2) is 0 Å². The Balaban J connectivity index is 2.30. The first-order valence-corrected chi connectivity index (χ1v) is 6.24. The fraction of sp³-hybridized carbons (Fsp3) is 0.750. The number of rotatable bonds is 8. The molecule has 1 aliphatic rings. The number of carboxylic acid groups (broad SMARTS) is 1. The fourth-order valence-corrected chi connectivity index (χ4v) is 2.12. The van der Waals surface area contributed by atoms with Gasteiger partial charge >= 0.3 is 11.9 Å². The molecule has 1 aliphatic heterocycles. The minimum Gasteiger partial charge on any atom is -0.481 e. The average Bonchev–Trinajstić information content (AvgIpc) is 2.55. The Kier molecular flexibility index (Phi) is 5.38. The van der Waals surface area contributed by atoms with E-state index in [-0.39, 0.29) is 13.0 Å². The lowest BCUT2D eigenvalue weighted by Gasteiger charge is -2.19. The molecule has 0 aliphatic carbocycles. The number of carbonyl (C=O) groups is 3. The van der Waals surface area contributed by atoms with Crippen molar-refractivity contribution in [1.82, 2.24) is 4.90 Å². The Morgan fingerprint density at radius 3 is 2.58 bits per heavy atom. The number of nitrogens with zero attached hydrogens (tertiary/aromatic N) is 1. The number of aldehydes is 1. The van der Waals surface area contributed by atoms with Gasteiger partial charge in [0, 0.05) is 19.4 Å². The van der Waals surface area contributed by atoms with E-state index in [0.717, 1.165) is 4.90 Å². The molecule has 0 aromatic carbocycles. The molecule has 1 unspecified atom stereocenters. The molecule has 1 amide bonds. The van der Waals surface area contributed by atoms with Gasteiger partial charge in [0.2, 0.25) is 0 Å². The number of carbonyl (C=O) groups excluding carboxylic acids is 2. The zero-order chi connectivity index (χ0) is 14.5. The molecule has 0 aromatic heterocycles. The Bertz CT molecular complexity index is 360. The number of hydrogen-bond donors (Lipinski definition) is 1. The molecular formula is C12H17F2NO4. The lowest BCUT2D eigenvalue weighted by atomic mass is 10.1. The van der Waals surface area contributed by atoms with Crippen LogP contribution < -0.4 is 0 Å². The van der Waals surface area contributed by atoms with E-state index in [0.29, 0.717) is 32.0 Å². The molecule has 0 bridgehead atoms. The van der Waals surface area contributed by atoms with E-state index >= 15 is 0 Å². The summed E-state index contributed by atoms with van der Waals surface area (Å²) in [4.78, 5) is 33.2. The lowest BCUT2D eigenvalue weighted by molar-refractivity contribution is -0.148. The van der Waals surface area contributed by atoms with Crippen LogP contribution in [0.1, 0.15) is 38.5 Å². The van der Waals surface area contributed by atoms with Gasteiger partial charge in [0.05, 0.1) is 6.04 Å². The Morgan fingerprint density at radius 2 is 2.00 bits per heavy atom. The van der Waals surface area contributed by atoms with Crippen molar-refractivity contribution in [2.45, 2.75) is 50.5 Å². The first-order valence-electron chi connectivity index (χ1n) is 6.24. The van der Waals surface area contributed by atoms with Crippen LogP contribution >= 0.6 is 0 Å². The summed E-state index contributed by atoms with van der Waals surface area (Å²) >= 11 is 0. The van der Waals surface area contributed by atoms with Gasteiger partial charge in [-0.3, -0.25) is 9.59 Å². The molecule has 1 N–H and O–H groups in total. The molecule has 1 heterocycles. The molecule has 19 heavy (non-hydrogen) atoms. The van der Waals surface area contributed by atoms with E-state index in [9.17, 15) is 23.2 Å². The van der Waals surface area contributed by atoms with Crippen molar-refractivity contribution < 1.29 is 28.3 Å². The zero-order valence-electron chi connectivity index (χ0n) is 10.5. The number of likely N-dealkylation sites (tertiary alicyclic amines) is 1. The molecule has 1 atom stereocenters. The highest BCUT2D eigenvalue weighted by Crippen LogP contribution is 2.32. The lowest BCUT2D eigenvalue weighted by Crippen LogP contribution is -2.37. The van der Waals surface area contributed by atoms with E-state index in [1.807, 2.05) is 0 Å². The number of hydrogen-bond acceptors (Lipinski definition) is 3. The molecule has 0 spiro atoms. The third-order valence-corrected chi connectivity index (χ3v) is 3.14. The maximum absolute atomic E-state index is 13.1. The maximum atomic E-state index is 13.1. The van der Waals surface area contributed by atoms with Crippen molar-refractivity contribution in [1.29, 1.82) is 0 Å². The van der Waals surface area contributed by atoms with Crippen molar-refractivity contribution in [2.24, 2.45) is 0 Å². The predicted molar refractivity (Wildman–Crippen MR) is 61.8 cm³/mol. The van der Waals surface area contributed by atoms with E-state index in [1.165, 1.54) is 0 Å². The van der Waals surface area contributed by atoms with Crippen molar-refractivity contribution in [3.63, 3.8) is 0 Å². The minimum absolute atomic E-state index is 0.0810. The van der Waals surface area contributed by atoms with Crippen LogP contribution in [0.4, 0.5) is 8.78 Å². The Labute approximate surface area is 109 Å². The number of unbranched alkanes of at least 4 members (excludes halogenated alkanes) is 3. The van der Waals surface area contributed by atoms with E-state index in [2.05, 4.69) is 0 Å². The second-order valence-corrected chi connectivity index (χ2v) is 4.67. The van der Waals surface area contributed by atoms with Crippen LogP contribution in [-0.2, 0) is 14.4 Å². The molecule has 0 radical (unpaired) electrons. The smallest absolute Gasteiger partial charge is 0.327 e. The van der Waals surface area contributed by atoms with E-state index < -0.39 is 30.3 Å². The van der Waals surface area contributed by atoms with Gasteiger partial charge in [-0.2, -0.15) is 8.78 Å². The molecule has 1 rings (SSSR count). The van der Waals surface area contributed by atoms with Gasteiger partial charge in [0.1, 0.15) is 6.29 Å². The third kappa shape index (κ3) is 4.25. The number of amides is 1. The second kappa shape index (κ2) is 6.58. The van der Waals surface area contributed by atoms with Crippen LogP contribution in [0.3, 0.4) is 0 Å². The Morgan fingerprint density at radius 1 is 1.37 bits per heavy atom. The van der Waals surface area contributed by atoms with Crippen LogP contribution in [0.5, 0.6) is 0 Å². The summed E-state index contributed by atoms with van der Waals surface area (Å²) in [5, 5.41) is 8.43. The Hall–Kier alpha value is -1.53. The van der Waals surface area contributed by atoms with Crippen molar-refractivity contribution in [3.8, 4) is 0 Å². The van der Waals surface area contributed by atoms with Crippen molar-refractivity contribution >= 4 is 18.2 Å². The molecule has 0 aromatic rings. The van der Waals surface area contributed by atoms with Gasteiger partial charge < -0.3 is 14.8 Å². The summed E-state index contributed by atoms with van der Waals surface area (Å²) in [6.07, 6.45) is 2.04. The summed E-state index contributed by atoms with van der Waals surface area (Å²) in [6, 6.07) is -1.04. The average molecular weight is 277 g/mol. The van der Waals surface area contributed by atoms with Crippen molar-refractivity contribution in [3.05, 3.63) is 0 Å². The molecule has 1 fully saturated rings. The number of carboxylic acids is 1. The standard InChI is InChI=1S/C12H17F2NO4/c13-12(14)7-9(8-16)15(11(12)19)6-4-2-1-3-5-10(17)18/h8-9H,1-7H2,(H,17,18). The van der Waals surface area contributed by atoms with Gasteiger partial charge in [0.25, 0.3) is 5.91 Å². The summed E-state index contributed by atoms with van der Waals surface area (Å²) in [5.74, 6) is -5.58. The SMILES string of the molecule is O=CC1CC(F)(F)C(=O)N1CCCCCCC(=O)O. The van der Waals surface area contributed by atoms with Gasteiger partial charge in [0.15, 0.2) is 0 Å². The zero-order valence-corrected chi connectivity index (χ0v) is 10.5. The molecule has 5 nitrogen and oxygen atoms in total. The van der Waals surface area contributed by atoms with E-state index in [4.69, 9.17) is 5.11 Å². The quantitative estimate of drug-likeness (QED) is 0.538. The van der Waals surface area contributed by atoms with Gasteiger partial charge in [-0.25, -0.2) is 0 Å². The van der Waals surface area contributed by atoms with Crippen LogP contribution in [0.25, 0.3) is 0 Å². The third-order valence-electron chi connectivity index (χ3n) is 3.14. The van der Waals surface area contributed by atoms with Crippen LogP contribution in [0.2, 0.25) is 0 Å². The molecule has 7 heteroatoms. The maximum Gasteiger partial charge on any atom is 0.327 e. The van der Waals surface area contributed by atoms with Gasteiger partial charge in [-0.05, 0) is 12.8 Å². The van der Waals surface area contributed by atoms with Crippen molar-refractivity contribution in [2.75, 3.05) is 6.54 Å². The van der Waals surface area contributed by atoms with Gasteiger partial charge in [-0.1, -0.05) is 12.8 Å². The molecular weight excluding hydrogens is 260 g/mol. The second-order valence-electron chi connectivity index (χ2n) is 4.67. The highest BCUT2D eigenvalue weighted by atomic mass is 19.3. The molecule has 0 saturated carbocycles. The number of halogens is 2. The minimum atomic E-state index is -3.44. The number of aliphatic carboxylic acids is 1.